The number of hydrogen-bond donors (Lipinski definition) is 0. The van der Waals surface area contributed by atoms with Gasteiger partial charge in [0.1, 0.15) is 0 Å². The van der Waals surface area contributed by atoms with Crippen molar-refractivity contribution in [3.63, 3.8) is 0 Å². The number of carbonyl (C=O) groups excluding carboxylic acids is 1. The number of ether oxygens (including phenoxy) is 2. The smallest absolute Gasteiger partial charge is 0.243 e. The molecule has 0 saturated carbocycles. The Balaban J connectivity index is 1.29. The molecule has 0 spiro atoms. The summed E-state index contributed by atoms with van der Waals surface area (Å²) in [6, 6.07) is 14.1. The summed E-state index contributed by atoms with van der Waals surface area (Å²) in [5, 5.41) is 0. The van der Waals surface area contributed by atoms with E-state index < -0.39 is 10.0 Å². The lowest BCUT2D eigenvalue weighted by atomic mass is 10.1. The van der Waals surface area contributed by atoms with Crippen molar-refractivity contribution in [1.82, 2.24) is 14.1 Å². The molecule has 2 aromatic carbocycles. The molecular weight excluding hydrogens is 406 g/mol. The van der Waals surface area contributed by atoms with E-state index in [1.807, 2.05) is 18.2 Å². The molecule has 2 aliphatic heterocycles. The maximum Gasteiger partial charge on any atom is 0.243 e. The van der Waals surface area contributed by atoms with Crippen molar-refractivity contribution in [3.8, 4) is 11.5 Å². The van der Waals surface area contributed by atoms with Gasteiger partial charge in [-0.3, -0.25) is 9.69 Å². The number of rotatable bonds is 6. The van der Waals surface area contributed by atoms with E-state index in [4.69, 9.17) is 9.47 Å². The molecule has 0 bridgehead atoms. The first kappa shape index (κ1) is 20.6. The molecule has 1 saturated heterocycles. The summed E-state index contributed by atoms with van der Waals surface area (Å²) in [6.07, 6.45) is 0. The number of likely N-dealkylation sites (N-methyl/N-ethyl adjacent to an activating group) is 1. The molecule has 2 aliphatic rings. The van der Waals surface area contributed by atoms with Crippen molar-refractivity contribution in [1.29, 1.82) is 0 Å². The minimum Gasteiger partial charge on any atom is -0.454 e. The minimum atomic E-state index is -3.68. The van der Waals surface area contributed by atoms with Crippen LogP contribution in [0.2, 0.25) is 0 Å². The van der Waals surface area contributed by atoms with E-state index in [0.717, 1.165) is 41.0 Å². The quantitative estimate of drug-likeness (QED) is 0.688. The third-order valence-corrected chi connectivity index (χ3v) is 7.20. The first-order chi connectivity index (χ1) is 14.4. The molecule has 4 rings (SSSR count). The Morgan fingerprint density at radius 2 is 1.70 bits per heavy atom. The van der Waals surface area contributed by atoms with Crippen LogP contribution >= 0.6 is 0 Å². The van der Waals surface area contributed by atoms with Crippen molar-refractivity contribution in [2.75, 3.05) is 46.6 Å². The van der Waals surface area contributed by atoms with Gasteiger partial charge in [-0.25, -0.2) is 8.42 Å². The topological polar surface area (TPSA) is 79.4 Å². The summed E-state index contributed by atoms with van der Waals surface area (Å²) in [5.41, 5.74) is 1.13. The second-order valence-corrected chi connectivity index (χ2v) is 9.46. The lowest BCUT2D eigenvalue weighted by molar-refractivity contribution is -0.133. The third kappa shape index (κ3) is 4.43. The fourth-order valence-corrected chi connectivity index (χ4v) is 4.74. The Hall–Kier alpha value is -2.62. The van der Waals surface area contributed by atoms with Crippen LogP contribution in [0.25, 0.3) is 0 Å². The van der Waals surface area contributed by atoms with Gasteiger partial charge in [0.25, 0.3) is 0 Å². The first-order valence-electron chi connectivity index (χ1n) is 9.83. The van der Waals surface area contributed by atoms with Crippen LogP contribution in [0, 0.1) is 0 Å². The molecule has 0 unspecified atom stereocenters. The number of nitrogens with zero attached hydrogens (tertiary/aromatic N) is 3. The van der Waals surface area contributed by atoms with Crippen LogP contribution in [0.15, 0.2) is 53.4 Å². The number of piperazine rings is 1. The fraction of sp³-hybridized carbons (Fsp3) is 0.381. The second kappa shape index (κ2) is 8.63. The monoisotopic (exact) mass is 431 g/mol. The van der Waals surface area contributed by atoms with Gasteiger partial charge in [0.05, 0.1) is 11.4 Å². The number of hydrogen-bond acceptors (Lipinski definition) is 6. The van der Waals surface area contributed by atoms with Crippen molar-refractivity contribution in [2.45, 2.75) is 11.4 Å². The lowest BCUT2D eigenvalue weighted by Crippen LogP contribution is -2.51. The third-order valence-electron chi connectivity index (χ3n) is 5.38. The molecular formula is C21H25N3O5S. The Kier molecular flexibility index (Phi) is 5.94. The van der Waals surface area contributed by atoms with E-state index in [0.29, 0.717) is 13.1 Å². The van der Waals surface area contributed by atoms with Gasteiger partial charge >= 0.3 is 0 Å². The Morgan fingerprint density at radius 3 is 2.43 bits per heavy atom. The van der Waals surface area contributed by atoms with Crippen LogP contribution in [-0.2, 0) is 21.4 Å². The number of fused-ring (bicyclic) bond motifs is 1. The lowest BCUT2D eigenvalue weighted by Gasteiger charge is -2.35. The molecule has 1 amide bonds. The van der Waals surface area contributed by atoms with Crippen LogP contribution in [0.5, 0.6) is 11.5 Å². The number of carbonyl (C=O) groups is 1. The molecule has 2 aromatic rings. The predicted molar refractivity (Wildman–Crippen MR) is 111 cm³/mol. The minimum absolute atomic E-state index is 0.167. The number of amides is 1. The molecule has 0 atom stereocenters. The Morgan fingerprint density at radius 1 is 1.00 bits per heavy atom. The summed E-state index contributed by atoms with van der Waals surface area (Å²) in [6.45, 7) is 3.46. The molecule has 0 aliphatic carbocycles. The molecule has 9 heteroatoms. The normalized spacial score (nSPS) is 16.8. The molecule has 8 nitrogen and oxygen atoms in total. The fourth-order valence-electron chi connectivity index (χ4n) is 3.60. The van der Waals surface area contributed by atoms with E-state index in [-0.39, 0.29) is 24.1 Å². The summed E-state index contributed by atoms with van der Waals surface area (Å²) in [7, 11) is -2.24. The van der Waals surface area contributed by atoms with E-state index >= 15 is 0 Å². The van der Waals surface area contributed by atoms with Gasteiger partial charge in [-0.05, 0) is 29.8 Å². The molecule has 0 radical (unpaired) electrons. The standard InChI is InChI=1S/C21H25N3O5S/c1-22(30(26,27)18-5-3-2-4-6-18)15-21(25)24-11-9-23(10-12-24)14-17-7-8-19-20(13-17)29-16-28-19/h2-8,13H,9-12,14-16H2,1H3. The van der Waals surface area contributed by atoms with Crippen LogP contribution in [0.4, 0.5) is 0 Å². The van der Waals surface area contributed by atoms with E-state index in [2.05, 4.69) is 4.90 Å². The first-order valence-corrected chi connectivity index (χ1v) is 11.3. The zero-order valence-electron chi connectivity index (χ0n) is 16.9. The van der Waals surface area contributed by atoms with Gasteiger partial charge in [0.15, 0.2) is 11.5 Å². The van der Waals surface area contributed by atoms with Crippen molar-refractivity contribution in [3.05, 3.63) is 54.1 Å². The van der Waals surface area contributed by atoms with Crippen molar-refractivity contribution in [2.24, 2.45) is 0 Å². The summed E-state index contributed by atoms with van der Waals surface area (Å²) < 4.78 is 37.1. The predicted octanol–water partition coefficient (Wildman–Crippen LogP) is 1.38. The Bertz CT molecular complexity index is 1000. The van der Waals surface area contributed by atoms with Gasteiger partial charge in [-0.2, -0.15) is 4.31 Å². The number of sulfonamides is 1. The van der Waals surface area contributed by atoms with Crippen LogP contribution in [0.3, 0.4) is 0 Å². The van der Waals surface area contributed by atoms with Gasteiger partial charge in [0, 0.05) is 39.8 Å². The van der Waals surface area contributed by atoms with Crippen LogP contribution in [0.1, 0.15) is 5.56 Å². The summed E-state index contributed by atoms with van der Waals surface area (Å²) in [5.74, 6) is 1.35. The van der Waals surface area contributed by atoms with Gasteiger partial charge in [-0.15, -0.1) is 0 Å². The molecule has 2 heterocycles. The highest BCUT2D eigenvalue weighted by Gasteiger charge is 2.27. The number of benzene rings is 2. The summed E-state index contributed by atoms with van der Waals surface area (Å²) in [4.78, 5) is 16.8. The molecule has 1 fully saturated rings. The Labute approximate surface area is 176 Å². The molecule has 30 heavy (non-hydrogen) atoms. The van der Waals surface area contributed by atoms with Crippen LogP contribution < -0.4 is 9.47 Å². The molecule has 0 aromatic heterocycles. The van der Waals surface area contributed by atoms with Gasteiger partial charge < -0.3 is 14.4 Å². The van der Waals surface area contributed by atoms with Crippen LogP contribution in [-0.4, -0.2) is 75.0 Å². The second-order valence-electron chi connectivity index (χ2n) is 7.42. The highest BCUT2D eigenvalue weighted by molar-refractivity contribution is 7.89. The highest BCUT2D eigenvalue weighted by Crippen LogP contribution is 2.32. The van der Waals surface area contributed by atoms with E-state index in [1.54, 1.807) is 23.1 Å². The molecule has 0 N–H and O–H groups in total. The zero-order chi connectivity index (χ0) is 21.1. The van der Waals surface area contributed by atoms with Crippen molar-refractivity contribution >= 4 is 15.9 Å². The van der Waals surface area contributed by atoms with Gasteiger partial charge in [-0.1, -0.05) is 24.3 Å². The average Bonchev–Trinajstić information content (AvgIpc) is 3.22. The van der Waals surface area contributed by atoms with Gasteiger partial charge in [0.2, 0.25) is 22.7 Å². The van der Waals surface area contributed by atoms with Crippen molar-refractivity contribution < 1.29 is 22.7 Å². The maximum atomic E-state index is 12.7. The largest absolute Gasteiger partial charge is 0.454 e. The van der Waals surface area contributed by atoms with E-state index in [1.165, 1.54) is 19.2 Å². The van der Waals surface area contributed by atoms with E-state index in [9.17, 15) is 13.2 Å². The zero-order valence-corrected chi connectivity index (χ0v) is 17.7. The summed E-state index contributed by atoms with van der Waals surface area (Å²) >= 11 is 0. The molecule has 160 valence electrons. The SMILES string of the molecule is CN(CC(=O)N1CCN(Cc2ccc3c(c2)OCO3)CC1)S(=O)(=O)c1ccccc1. The highest BCUT2D eigenvalue weighted by atomic mass is 32.2. The maximum absolute atomic E-state index is 12.7. The average molecular weight is 432 g/mol.